The number of carbonyl (C=O) groups excluding carboxylic acids is 1. The summed E-state index contributed by atoms with van der Waals surface area (Å²) in [6.45, 7) is 1.88. The molecule has 0 aliphatic rings. The minimum absolute atomic E-state index is 0.0171. The van der Waals surface area contributed by atoms with Crippen LogP contribution in [-0.4, -0.2) is 17.6 Å². The third kappa shape index (κ3) is 2.37. The molecule has 0 N–H and O–H groups in total. The van der Waals surface area contributed by atoms with Gasteiger partial charge in [0.25, 0.3) is 0 Å². The standard InChI is InChI=1S/C12H9F2NO3/c1-2-17-12(16)10-6-18-11(15-10)7-3-4-8(13)9(14)5-7/h3-6H,2H2,1H3. The van der Waals surface area contributed by atoms with Crippen LogP contribution in [0, 0.1) is 11.6 Å². The molecule has 0 atom stereocenters. The molecule has 0 aliphatic heterocycles. The van der Waals surface area contributed by atoms with Crippen molar-refractivity contribution in [3.63, 3.8) is 0 Å². The second-order valence-corrected chi connectivity index (χ2v) is 3.39. The van der Waals surface area contributed by atoms with Gasteiger partial charge in [-0.05, 0) is 25.1 Å². The molecule has 0 unspecified atom stereocenters. The van der Waals surface area contributed by atoms with Crippen LogP contribution in [0.5, 0.6) is 0 Å². The molecule has 2 aromatic rings. The number of nitrogens with zero attached hydrogens (tertiary/aromatic N) is 1. The maximum absolute atomic E-state index is 13.0. The monoisotopic (exact) mass is 253 g/mol. The van der Waals surface area contributed by atoms with Crippen molar-refractivity contribution in [2.24, 2.45) is 0 Å². The summed E-state index contributed by atoms with van der Waals surface area (Å²) in [6, 6.07) is 3.20. The SMILES string of the molecule is CCOC(=O)c1coc(-c2ccc(F)c(F)c2)n1. The summed E-state index contributed by atoms with van der Waals surface area (Å²) >= 11 is 0. The Morgan fingerprint density at radius 1 is 1.39 bits per heavy atom. The van der Waals surface area contributed by atoms with Crippen LogP contribution in [0.4, 0.5) is 8.78 Å². The highest BCUT2D eigenvalue weighted by Gasteiger charge is 2.15. The van der Waals surface area contributed by atoms with E-state index < -0.39 is 17.6 Å². The summed E-state index contributed by atoms with van der Waals surface area (Å²) in [6.07, 6.45) is 1.11. The Kier molecular flexibility index (Phi) is 3.36. The zero-order valence-corrected chi connectivity index (χ0v) is 9.44. The topological polar surface area (TPSA) is 52.3 Å². The van der Waals surface area contributed by atoms with Gasteiger partial charge in [0.15, 0.2) is 17.3 Å². The van der Waals surface area contributed by atoms with Crippen molar-refractivity contribution in [2.75, 3.05) is 6.61 Å². The van der Waals surface area contributed by atoms with Crippen LogP contribution in [0.25, 0.3) is 11.5 Å². The molecular weight excluding hydrogens is 244 g/mol. The molecule has 94 valence electrons. The molecule has 0 saturated heterocycles. The molecule has 0 aliphatic carbocycles. The average Bonchev–Trinajstić information content (AvgIpc) is 2.82. The van der Waals surface area contributed by atoms with Gasteiger partial charge in [0.2, 0.25) is 5.89 Å². The van der Waals surface area contributed by atoms with Crippen LogP contribution < -0.4 is 0 Å². The fourth-order valence-electron chi connectivity index (χ4n) is 1.33. The van der Waals surface area contributed by atoms with Gasteiger partial charge in [0.05, 0.1) is 6.61 Å². The molecule has 1 heterocycles. The first-order valence-electron chi connectivity index (χ1n) is 5.20. The van der Waals surface area contributed by atoms with Gasteiger partial charge in [-0.3, -0.25) is 0 Å². The number of hydrogen-bond donors (Lipinski definition) is 0. The van der Waals surface area contributed by atoms with Gasteiger partial charge < -0.3 is 9.15 Å². The summed E-state index contributed by atoms with van der Waals surface area (Å²) in [5.41, 5.74) is 0.223. The van der Waals surface area contributed by atoms with E-state index in [1.807, 2.05) is 0 Å². The Balaban J connectivity index is 2.29. The van der Waals surface area contributed by atoms with Crippen LogP contribution >= 0.6 is 0 Å². The summed E-state index contributed by atoms with van der Waals surface area (Å²) in [4.78, 5) is 15.2. The molecule has 1 aromatic carbocycles. The lowest BCUT2D eigenvalue weighted by molar-refractivity contribution is 0.0519. The number of carbonyl (C=O) groups is 1. The van der Waals surface area contributed by atoms with Gasteiger partial charge in [0.1, 0.15) is 6.26 Å². The lowest BCUT2D eigenvalue weighted by atomic mass is 10.2. The van der Waals surface area contributed by atoms with Crippen molar-refractivity contribution in [1.82, 2.24) is 4.98 Å². The number of ether oxygens (including phenoxy) is 1. The molecule has 0 amide bonds. The number of aromatic nitrogens is 1. The summed E-state index contributed by atoms with van der Waals surface area (Å²) in [7, 11) is 0. The molecule has 0 bridgehead atoms. The van der Waals surface area contributed by atoms with E-state index in [1.54, 1.807) is 6.92 Å². The van der Waals surface area contributed by atoms with Crippen molar-refractivity contribution in [3.8, 4) is 11.5 Å². The Morgan fingerprint density at radius 2 is 2.17 bits per heavy atom. The Morgan fingerprint density at radius 3 is 2.83 bits per heavy atom. The van der Waals surface area contributed by atoms with E-state index in [9.17, 15) is 13.6 Å². The molecular formula is C12H9F2NO3. The third-order valence-electron chi connectivity index (χ3n) is 2.16. The predicted molar refractivity (Wildman–Crippen MR) is 57.8 cm³/mol. The van der Waals surface area contributed by atoms with Gasteiger partial charge in [-0.2, -0.15) is 0 Å². The van der Waals surface area contributed by atoms with Crippen molar-refractivity contribution in [3.05, 3.63) is 41.8 Å². The van der Waals surface area contributed by atoms with E-state index in [0.29, 0.717) is 0 Å². The van der Waals surface area contributed by atoms with Gasteiger partial charge in [-0.25, -0.2) is 18.6 Å². The van der Waals surface area contributed by atoms with Gasteiger partial charge in [0, 0.05) is 5.56 Å². The first-order valence-corrected chi connectivity index (χ1v) is 5.20. The zero-order valence-electron chi connectivity index (χ0n) is 9.44. The molecule has 0 fully saturated rings. The van der Waals surface area contributed by atoms with E-state index in [1.165, 1.54) is 6.07 Å². The zero-order chi connectivity index (χ0) is 13.1. The first-order chi connectivity index (χ1) is 8.61. The maximum atomic E-state index is 13.0. The second kappa shape index (κ2) is 4.95. The summed E-state index contributed by atoms with van der Waals surface area (Å²) in [5, 5.41) is 0. The average molecular weight is 253 g/mol. The number of rotatable bonds is 3. The smallest absolute Gasteiger partial charge is 0.360 e. The molecule has 0 radical (unpaired) electrons. The second-order valence-electron chi connectivity index (χ2n) is 3.39. The number of benzene rings is 1. The van der Waals surface area contributed by atoms with Crippen LogP contribution in [0.1, 0.15) is 17.4 Å². The highest BCUT2D eigenvalue weighted by molar-refractivity contribution is 5.87. The molecule has 2 rings (SSSR count). The Labute approximate surface area is 101 Å². The normalized spacial score (nSPS) is 10.4. The number of oxazole rings is 1. The van der Waals surface area contributed by atoms with Crippen molar-refractivity contribution >= 4 is 5.97 Å². The van der Waals surface area contributed by atoms with Crippen LogP contribution in [0.3, 0.4) is 0 Å². The minimum Gasteiger partial charge on any atom is -0.461 e. The molecule has 0 spiro atoms. The van der Waals surface area contributed by atoms with Crippen molar-refractivity contribution < 1.29 is 22.7 Å². The van der Waals surface area contributed by atoms with Crippen molar-refractivity contribution in [1.29, 1.82) is 0 Å². The Bertz CT molecular complexity index is 580. The largest absolute Gasteiger partial charge is 0.461 e. The van der Waals surface area contributed by atoms with Crippen LogP contribution in [0.2, 0.25) is 0 Å². The van der Waals surface area contributed by atoms with Crippen LogP contribution in [0.15, 0.2) is 28.9 Å². The summed E-state index contributed by atoms with van der Waals surface area (Å²) < 4.78 is 35.5. The molecule has 0 saturated carbocycles. The molecule has 6 heteroatoms. The molecule has 4 nitrogen and oxygen atoms in total. The number of esters is 1. The fourth-order valence-corrected chi connectivity index (χ4v) is 1.33. The van der Waals surface area contributed by atoms with E-state index in [-0.39, 0.29) is 23.8 Å². The van der Waals surface area contributed by atoms with Gasteiger partial charge >= 0.3 is 5.97 Å². The van der Waals surface area contributed by atoms with E-state index in [2.05, 4.69) is 4.98 Å². The fraction of sp³-hybridized carbons (Fsp3) is 0.167. The predicted octanol–water partition coefficient (Wildman–Crippen LogP) is 2.80. The number of hydrogen-bond acceptors (Lipinski definition) is 4. The summed E-state index contributed by atoms with van der Waals surface area (Å²) in [5.74, 6) is -2.58. The molecule has 18 heavy (non-hydrogen) atoms. The van der Waals surface area contributed by atoms with Gasteiger partial charge in [-0.1, -0.05) is 0 Å². The minimum atomic E-state index is -1.01. The number of halogens is 2. The first kappa shape index (κ1) is 12.2. The highest BCUT2D eigenvalue weighted by atomic mass is 19.2. The lowest BCUT2D eigenvalue weighted by Gasteiger charge is -1.97. The van der Waals surface area contributed by atoms with E-state index in [4.69, 9.17) is 9.15 Å². The van der Waals surface area contributed by atoms with E-state index in [0.717, 1.165) is 18.4 Å². The van der Waals surface area contributed by atoms with Gasteiger partial charge in [-0.15, -0.1) is 0 Å². The third-order valence-corrected chi connectivity index (χ3v) is 2.16. The van der Waals surface area contributed by atoms with Crippen LogP contribution in [-0.2, 0) is 4.74 Å². The quantitative estimate of drug-likeness (QED) is 0.789. The maximum Gasteiger partial charge on any atom is 0.360 e. The molecule has 1 aromatic heterocycles. The Hall–Kier alpha value is -2.24. The lowest BCUT2D eigenvalue weighted by Crippen LogP contribution is -2.04. The van der Waals surface area contributed by atoms with Crippen molar-refractivity contribution in [2.45, 2.75) is 6.92 Å². The highest BCUT2D eigenvalue weighted by Crippen LogP contribution is 2.21. The van der Waals surface area contributed by atoms with E-state index >= 15 is 0 Å².